The maximum Gasteiger partial charge on any atom is 0.496 e. The highest BCUT2D eigenvalue weighted by Gasteiger charge is 2.51. The number of nitrogens with zero attached hydrogens (tertiary/aromatic N) is 2. The highest BCUT2D eigenvalue weighted by atomic mass is 28.3. The Bertz CT molecular complexity index is 810. The van der Waals surface area contributed by atoms with E-state index in [1.807, 2.05) is 6.20 Å². The summed E-state index contributed by atoms with van der Waals surface area (Å²) in [6.07, 6.45) is 3.97. The minimum Gasteiger partial charge on any atom is -0.399 e. The van der Waals surface area contributed by atoms with E-state index in [0.29, 0.717) is 6.73 Å². The van der Waals surface area contributed by atoms with Gasteiger partial charge in [0.25, 0.3) is 0 Å². The van der Waals surface area contributed by atoms with Crippen LogP contribution in [0.3, 0.4) is 0 Å². The van der Waals surface area contributed by atoms with Crippen LogP contribution >= 0.6 is 0 Å². The van der Waals surface area contributed by atoms with E-state index in [1.54, 1.807) is 0 Å². The fraction of sp³-hybridized carbons (Fsp3) is 0.650. The molecule has 0 amide bonds. The highest BCUT2D eigenvalue weighted by molar-refractivity contribution is 6.76. The molecule has 1 fully saturated rings. The first-order valence-corrected chi connectivity index (χ1v) is 13.5. The van der Waals surface area contributed by atoms with Gasteiger partial charge in [-0.15, -0.1) is 0 Å². The first-order valence-electron chi connectivity index (χ1n) is 9.78. The van der Waals surface area contributed by atoms with E-state index in [2.05, 4.69) is 71.1 Å². The highest BCUT2D eigenvalue weighted by Crippen LogP contribution is 2.36. The van der Waals surface area contributed by atoms with Gasteiger partial charge in [0.05, 0.1) is 11.2 Å². The van der Waals surface area contributed by atoms with Gasteiger partial charge in [-0.25, -0.2) is 4.98 Å². The Morgan fingerprint density at radius 3 is 2.37 bits per heavy atom. The summed E-state index contributed by atoms with van der Waals surface area (Å²) in [7, 11) is -1.45. The normalized spacial score (nSPS) is 19.2. The molecule has 3 rings (SSSR count). The number of aryl methyl sites for hydroxylation is 1. The van der Waals surface area contributed by atoms with Gasteiger partial charge in [0, 0.05) is 37.9 Å². The number of rotatable bonds is 6. The van der Waals surface area contributed by atoms with Crippen molar-refractivity contribution in [3.05, 3.63) is 24.0 Å². The maximum absolute atomic E-state index is 6.17. The Kier molecular flexibility index (Phi) is 5.36. The molecule has 2 aromatic rings. The van der Waals surface area contributed by atoms with Crippen LogP contribution in [0.1, 0.15) is 33.3 Å². The smallest absolute Gasteiger partial charge is 0.399 e. The molecule has 0 saturated carbocycles. The molecule has 2 aromatic heterocycles. The molecule has 0 bridgehead atoms. The molecule has 148 valence electrons. The molecule has 0 aliphatic carbocycles. The van der Waals surface area contributed by atoms with Gasteiger partial charge < -0.3 is 18.6 Å². The van der Waals surface area contributed by atoms with Crippen LogP contribution in [0, 0.1) is 6.92 Å². The SMILES string of the molecule is Cc1cn(COCC[Si](C)(C)C)c2ncc(B3OC(C)(C)C(C)(C)O3)cc12. The maximum atomic E-state index is 6.17. The molecule has 7 heteroatoms. The average Bonchev–Trinajstić information content (AvgIpc) is 2.96. The van der Waals surface area contributed by atoms with Gasteiger partial charge in [0.2, 0.25) is 0 Å². The first kappa shape index (κ1) is 20.6. The van der Waals surface area contributed by atoms with Crippen LogP contribution < -0.4 is 5.46 Å². The molecule has 3 heterocycles. The van der Waals surface area contributed by atoms with E-state index < -0.39 is 8.07 Å². The van der Waals surface area contributed by atoms with Crippen molar-refractivity contribution in [2.24, 2.45) is 0 Å². The molecular weight excluding hydrogens is 355 g/mol. The van der Waals surface area contributed by atoms with Crippen molar-refractivity contribution in [1.82, 2.24) is 9.55 Å². The Morgan fingerprint density at radius 1 is 1.15 bits per heavy atom. The lowest BCUT2D eigenvalue weighted by Crippen LogP contribution is -2.41. The zero-order valence-corrected chi connectivity index (χ0v) is 19.0. The quantitative estimate of drug-likeness (QED) is 0.555. The summed E-state index contributed by atoms with van der Waals surface area (Å²) in [5, 5.41) is 1.12. The van der Waals surface area contributed by atoms with Crippen LogP contribution in [0.4, 0.5) is 0 Å². The van der Waals surface area contributed by atoms with E-state index in [-0.39, 0.29) is 18.3 Å². The average molecular weight is 388 g/mol. The molecule has 1 aliphatic heterocycles. The third-order valence-corrected chi connectivity index (χ3v) is 7.39. The van der Waals surface area contributed by atoms with Crippen molar-refractivity contribution in [3.8, 4) is 0 Å². The van der Waals surface area contributed by atoms with Gasteiger partial charge in [-0.2, -0.15) is 0 Å². The van der Waals surface area contributed by atoms with E-state index in [0.717, 1.165) is 23.1 Å². The van der Waals surface area contributed by atoms with Crippen LogP contribution in [0.15, 0.2) is 18.5 Å². The Morgan fingerprint density at radius 2 is 1.78 bits per heavy atom. The van der Waals surface area contributed by atoms with Crippen LogP contribution in [0.2, 0.25) is 25.7 Å². The number of hydrogen-bond acceptors (Lipinski definition) is 4. The Hall–Kier alpha value is -1.15. The summed E-state index contributed by atoms with van der Waals surface area (Å²) in [5.74, 6) is 0. The molecular formula is C20H33BN2O3Si. The summed E-state index contributed by atoms with van der Waals surface area (Å²) < 4.78 is 20.3. The fourth-order valence-electron chi connectivity index (χ4n) is 3.10. The lowest BCUT2D eigenvalue weighted by molar-refractivity contribution is 0.00578. The van der Waals surface area contributed by atoms with Gasteiger partial charge in [-0.3, -0.25) is 0 Å². The summed E-state index contributed by atoms with van der Waals surface area (Å²) in [6.45, 7) is 18.8. The van der Waals surface area contributed by atoms with Gasteiger partial charge in [0.1, 0.15) is 12.4 Å². The van der Waals surface area contributed by atoms with E-state index in [9.17, 15) is 0 Å². The number of pyridine rings is 1. The van der Waals surface area contributed by atoms with E-state index in [4.69, 9.17) is 19.0 Å². The summed E-state index contributed by atoms with van der Waals surface area (Å²) in [6, 6.07) is 3.31. The van der Waals surface area contributed by atoms with E-state index >= 15 is 0 Å². The molecule has 27 heavy (non-hydrogen) atoms. The molecule has 0 N–H and O–H groups in total. The molecule has 0 spiro atoms. The van der Waals surface area contributed by atoms with Gasteiger partial charge in [0.15, 0.2) is 0 Å². The second kappa shape index (κ2) is 7.03. The molecule has 0 atom stereocenters. The fourth-order valence-corrected chi connectivity index (χ4v) is 3.86. The lowest BCUT2D eigenvalue weighted by Gasteiger charge is -2.32. The second-order valence-electron chi connectivity index (χ2n) is 9.86. The number of aromatic nitrogens is 2. The lowest BCUT2D eigenvalue weighted by atomic mass is 9.80. The van der Waals surface area contributed by atoms with Crippen LogP contribution in [0.25, 0.3) is 11.0 Å². The zero-order valence-electron chi connectivity index (χ0n) is 18.0. The Balaban J connectivity index is 1.76. The molecule has 0 unspecified atom stereocenters. The monoisotopic (exact) mass is 388 g/mol. The van der Waals surface area contributed by atoms with Gasteiger partial charge in [-0.1, -0.05) is 19.6 Å². The predicted molar refractivity (Wildman–Crippen MR) is 114 cm³/mol. The third kappa shape index (κ3) is 4.31. The number of hydrogen-bond donors (Lipinski definition) is 0. The van der Waals surface area contributed by atoms with Crippen molar-refractivity contribution in [1.29, 1.82) is 0 Å². The largest absolute Gasteiger partial charge is 0.496 e. The van der Waals surface area contributed by atoms with Crippen molar-refractivity contribution >= 4 is 31.7 Å². The number of fused-ring (bicyclic) bond motifs is 1. The summed E-state index contributed by atoms with van der Waals surface area (Å²) in [4.78, 5) is 4.70. The topological polar surface area (TPSA) is 45.5 Å². The third-order valence-electron chi connectivity index (χ3n) is 5.69. The molecule has 0 aromatic carbocycles. The van der Waals surface area contributed by atoms with E-state index in [1.165, 1.54) is 11.6 Å². The predicted octanol–water partition coefficient (Wildman–Crippen LogP) is 3.96. The molecule has 1 saturated heterocycles. The van der Waals surface area contributed by atoms with Crippen molar-refractivity contribution in [2.75, 3.05) is 6.61 Å². The van der Waals surface area contributed by atoms with Crippen molar-refractivity contribution in [3.63, 3.8) is 0 Å². The van der Waals surface area contributed by atoms with Crippen LogP contribution in [-0.2, 0) is 20.8 Å². The minimum absolute atomic E-state index is 0.349. The zero-order chi connectivity index (χ0) is 20.0. The first-order chi connectivity index (χ1) is 12.4. The standard InChI is InChI=1S/C20H33BN2O3Si/c1-15-13-23(14-24-9-10-27(6,7)8)18-17(15)11-16(12-22-18)21-25-19(2,3)20(4,5)26-21/h11-13H,9-10,14H2,1-8H3. The summed E-state index contributed by atoms with van der Waals surface area (Å²) in [5.41, 5.74) is 2.39. The van der Waals surface area contributed by atoms with Gasteiger partial charge >= 0.3 is 7.12 Å². The molecule has 5 nitrogen and oxygen atoms in total. The van der Waals surface area contributed by atoms with Crippen LogP contribution in [-0.4, -0.2) is 42.6 Å². The minimum atomic E-state index is -1.07. The van der Waals surface area contributed by atoms with Crippen molar-refractivity contribution < 1.29 is 14.0 Å². The Labute approximate surface area is 164 Å². The molecule has 0 radical (unpaired) electrons. The van der Waals surface area contributed by atoms with Crippen LogP contribution in [0.5, 0.6) is 0 Å². The van der Waals surface area contributed by atoms with Gasteiger partial charge in [-0.05, 0) is 52.3 Å². The molecule has 1 aliphatic rings. The second-order valence-corrected chi connectivity index (χ2v) is 15.5. The summed E-state index contributed by atoms with van der Waals surface area (Å²) >= 11 is 0. The number of ether oxygens (including phenoxy) is 1. The van der Waals surface area contributed by atoms with Crippen molar-refractivity contribution in [2.45, 2.75) is 78.2 Å².